The van der Waals surface area contributed by atoms with Crippen LogP contribution in [0.2, 0.25) is 0 Å². The van der Waals surface area contributed by atoms with Crippen LogP contribution in [0.3, 0.4) is 0 Å². The molecule has 1 fully saturated rings. The van der Waals surface area contributed by atoms with Gasteiger partial charge in [-0.3, -0.25) is 14.3 Å². The molecule has 1 heterocycles. The lowest BCUT2D eigenvalue weighted by molar-refractivity contribution is -0.385. The average Bonchev–Trinajstić information content (AvgIpc) is 2.45. The van der Waals surface area contributed by atoms with Crippen LogP contribution in [0.15, 0.2) is 24.3 Å². The quantitative estimate of drug-likeness (QED) is 0.510. The van der Waals surface area contributed by atoms with Crippen LogP contribution in [0.4, 0.5) is 11.4 Å². The molecule has 0 aliphatic carbocycles. The third kappa shape index (κ3) is 3.88. The van der Waals surface area contributed by atoms with Gasteiger partial charge in [-0.05, 0) is 18.2 Å². The van der Waals surface area contributed by atoms with Gasteiger partial charge in [0.05, 0.1) is 10.5 Å². The number of nitrogens with zero attached hydrogens (tertiary/aromatic N) is 2. The first kappa shape index (κ1) is 15.2. The molecule has 112 valence electrons. The molecule has 0 unspecified atom stereocenters. The Hall–Kier alpha value is -2.22. The second kappa shape index (κ2) is 6.49. The normalized spacial score (nSPS) is 16.3. The Bertz CT molecular complexity index is 619. The van der Waals surface area contributed by atoms with Gasteiger partial charge in [0.2, 0.25) is 0 Å². The lowest BCUT2D eigenvalue weighted by Gasteiger charge is -2.28. The van der Waals surface area contributed by atoms with Crippen LogP contribution < -0.4 is 4.90 Å². The highest BCUT2D eigenvalue weighted by Crippen LogP contribution is 2.27. The van der Waals surface area contributed by atoms with Crippen molar-refractivity contribution in [1.82, 2.24) is 0 Å². The van der Waals surface area contributed by atoms with E-state index in [4.69, 9.17) is 5.11 Å². The molecular formula is C13H14N2O5S. The molecule has 1 N–H and O–H groups in total. The van der Waals surface area contributed by atoms with Crippen LogP contribution in [0.25, 0.3) is 6.08 Å². The summed E-state index contributed by atoms with van der Waals surface area (Å²) in [7, 11) is -0.803. The molecule has 0 aromatic heterocycles. The number of carboxylic acids is 1. The lowest BCUT2D eigenvalue weighted by Crippen LogP contribution is -2.37. The van der Waals surface area contributed by atoms with Gasteiger partial charge in [-0.15, -0.1) is 0 Å². The molecule has 1 aliphatic heterocycles. The van der Waals surface area contributed by atoms with Crippen molar-refractivity contribution in [3.63, 3.8) is 0 Å². The highest BCUT2D eigenvalue weighted by molar-refractivity contribution is 7.85. The Morgan fingerprint density at radius 2 is 2.05 bits per heavy atom. The number of anilines is 1. The van der Waals surface area contributed by atoms with E-state index in [1.807, 2.05) is 4.90 Å². The summed E-state index contributed by atoms with van der Waals surface area (Å²) < 4.78 is 11.3. The Morgan fingerprint density at radius 3 is 2.62 bits per heavy atom. The molecule has 0 atom stereocenters. The molecule has 1 aliphatic rings. The van der Waals surface area contributed by atoms with Crippen LogP contribution in [-0.2, 0) is 15.6 Å². The number of carboxylic acid groups (broad SMARTS) is 1. The molecule has 0 amide bonds. The van der Waals surface area contributed by atoms with Crippen LogP contribution in [-0.4, -0.2) is 44.8 Å². The van der Waals surface area contributed by atoms with Crippen molar-refractivity contribution >= 4 is 34.2 Å². The maximum Gasteiger partial charge on any atom is 0.328 e. The molecule has 0 spiro atoms. The summed E-state index contributed by atoms with van der Waals surface area (Å²) in [6.07, 6.45) is 2.09. The summed E-state index contributed by atoms with van der Waals surface area (Å²) in [6.45, 7) is 1.24. The topological polar surface area (TPSA) is 101 Å². The van der Waals surface area contributed by atoms with Gasteiger partial charge in [0, 0.05) is 53.2 Å². The minimum absolute atomic E-state index is 0.142. The molecule has 1 saturated heterocycles. The molecule has 7 nitrogen and oxygen atoms in total. The van der Waals surface area contributed by atoms with Gasteiger partial charge in [-0.25, -0.2) is 4.79 Å². The number of nitro groups is 1. The van der Waals surface area contributed by atoms with E-state index in [1.165, 1.54) is 12.1 Å². The van der Waals surface area contributed by atoms with Crippen molar-refractivity contribution in [2.75, 3.05) is 29.5 Å². The SMILES string of the molecule is O=C(O)/C=C/c1cc(N2CCS(=O)CC2)ccc1[N+](=O)[O-]. The first-order valence-electron chi connectivity index (χ1n) is 6.27. The maximum absolute atomic E-state index is 11.3. The summed E-state index contributed by atoms with van der Waals surface area (Å²) in [4.78, 5) is 23.0. The van der Waals surface area contributed by atoms with Crippen molar-refractivity contribution in [3.8, 4) is 0 Å². The molecule has 0 radical (unpaired) electrons. The standard InChI is InChI=1S/C13H14N2O5S/c16-13(17)4-1-10-9-11(2-3-12(10)15(18)19)14-5-7-21(20)8-6-14/h1-4,9H,5-8H2,(H,16,17)/b4-1+. The summed E-state index contributed by atoms with van der Waals surface area (Å²) in [5.74, 6) is -0.0303. The number of aliphatic carboxylic acids is 1. The third-order valence-corrected chi connectivity index (χ3v) is 4.43. The molecule has 21 heavy (non-hydrogen) atoms. The average molecular weight is 310 g/mol. The van der Waals surface area contributed by atoms with Crippen molar-refractivity contribution in [2.24, 2.45) is 0 Å². The molecule has 1 aromatic rings. The fourth-order valence-corrected chi connectivity index (χ4v) is 3.15. The van der Waals surface area contributed by atoms with Gasteiger partial charge >= 0.3 is 5.97 Å². The predicted molar refractivity (Wildman–Crippen MR) is 79.9 cm³/mol. The molecule has 0 bridgehead atoms. The molecule has 8 heteroatoms. The van der Waals surface area contributed by atoms with Crippen molar-refractivity contribution in [2.45, 2.75) is 0 Å². The number of rotatable bonds is 4. The van der Waals surface area contributed by atoms with Gasteiger partial charge < -0.3 is 10.0 Å². The van der Waals surface area contributed by atoms with Crippen LogP contribution in [0.1, 0.15) is 5.56 Å². The van der Waals surface area contributed by atoms with Gasteiger partial charge in [0.15, 0.2) is 0 Å². The number of hydrogen-bond donors (Lipinski definition) is 1. The van der Waals surface area contributed by atoms with Gasteiger partial charge in [-0.1, -0.05) is 0 Å². The summed E-state index contributed by atoms with van der Waals surface area (Å²) in [5, 5.41) is 19.6. The number of carbonyl (C=O) groups is 1. The summed E-state index contributed by atoms with van der Waals surface area (Å²) in [6, 6.07) is 4.58. The van der Waals surface area contributed by atoms with Gasteiger partial charge in [0.25, 0.3) is 5.69 Å². The lowest BCUT2D eigenvalue weighted by atomic mass is 10.1. The zero-order valence-corrected chi connectivity index (χ0v) is 11.9. The Balaban J connectivity index is 2.32. The van der Waals surface area contributed by atoms with E-state index in [2.05, 4.69) is 0 Å². The fraction of sp³-hybridized carbons (Fsp3) is 0.308. The smallest absolute Gasteiger partial charge is 0.328 e. The van der Waals surface area contributed by atoms with Crippen LogP contribution in [0.5, 0.6) is 0 Å². The van der Waals surface area contributed by atoms with Gasteiger partial charge in [0.1, 0.15) is 0 Å². The second-order valence-corrected chi connectivity index (χ2v) is 6.20. The van der Waals surface area contributed by atoms with Crippen molar-refractivity contribution < 1.29 is 19.0 Å². The number of nitro benzene ring substituents is 1. The predicted octanol–water partition coefficient (Wildman–Crippen LogP) is 1.26. The fourth-order valence-electron chi connectivity index (χ4n) is 2.10. The zero-order valence-electron chi connectivity index (χ0n) is 11.1. The van der Waals surface area contributed by atoms with E-state index in [9.17, 15) is 19.1 Å². The molecule has 2 rings (SSSR count). The number of benzene rings is 1. The van der Waals surface area contributed by atoms with E-state index in [1.54, 1.807) is 12.1 Å². The molecular weight excluding hydrogens is 296 g/mol. The Kier molecular flexibility index (Phi) is 4.69. The summed E-state index contributed by atoms with van der Waals surface area (Å²) in [5.41, 5.74) is 0.866. The zero-order chi connectivity index (χ0) is 15.4. The van der Waals surface area contributed by atoms with E-state index in [0.29, 0.717) is 24.6 Å². The molecule has 0 saturated carbocycles. The van der Waals surface area contributed by atoms with Crippen molar-refractivity contribution in [3.05, 3.63) is 40.0 Å². The van der Waals surface area contributed by atoms with Crippen LogP contribution in [0, 0.1) is 10.1 Å². The van der Waals surface area contributed by atoms with Crippen LogP contribution >= 0.6 is 0 Å². The van der Waals surface area contributed by atoms with Gasteiger partial charge in [-0.2, -0.15) is 0 Å². The van der Waals surface area contributed by atoms with E-state index in [-0.39, 0.29) is 11.3 Å². The maximum atomic E-state index is 11.3. The van der Waals surface area contributed by atoms with E-state index < -0.39 is 21.7 Å². The molecule has 1 aromatic carbocycles. The minimum atomic E-state index is -1.16. The monoisotopic (exact) mass is 310 g/mol. The number of hydrogen-bond acceptors (Lipinski definition) is 5. The third-order valence-electron chi connectivity index (χ3n) is 3.16. The Morgan fingerprint density at radius 1 is 1.38 bits per heavy atom. The first-order chi connectivity index (χ1) is 9.97. The first-order valence-corrected chi connectivity index (χ1v) is 7.75. The second-order valence-electron chi connectivity index (χ2n) is 4.51. The summed E-state index contributed by atoms with van der Waals surface area (Å²) >= 11 is 0. The highest BCUT2D eigenvalue weighted by atomic mass is 32.2. The largest absolute Gasteiger partial charge is 0.478 e. The minimum Gasteiger partial charge on any atom is -0.478 e. The Labute approximate surface area is 123 Å². The van der Waals surface area contributed by atoms with Crippen molar-refractivity contribution in [1.29, 1.82) is 0 Å². The van der Waals surface area contributed by atoms with E-state index in [0.717, 1.165) is 11.8 Å². The highest BCUT2D eigenvalue weighted by Gasteiger charge is 2.18. The van der Waals surface area contributed by atoms with E-state index >= 15 is 0 Å².